The molecule has 0 amide bonds. The summed E-state index contributed by atoms with van der Waals surface area (Å²) in [6, 6.07) is 14.4. The van der Waals surface area contributed by atoms with Crippen LogP contribution in [0.25, 0.3) is 11.4 Å². The highest BCUT2D eigenvalue weighted by Crippen LogP contribution is 2.22. The van der Waals surface area contributed by atoms with E-state index in [4.69, 9.17) is 10.3 Å². The van der Waals surface area contributed by atoms with Crippen molar-refractivity contribution < 1.29 is 8.91 Å². The highest BCUT2D eigenvalue weighted by atomic mass is 32.2. The molecule has 0 atom stereocenters. The maximum atomic E-state index is 13.7. The molecule has 0 saturated heterocycles. The molecule has 8 nitrogen and oxygen atoms in total. The van der Waals surface area contributed by atoms with Gasteiger partial charge in [0.25, 0.3) is 0 Å². The number of anilines is 3. The summed E-state index contributed by atoms with van der Waals surface area (Å²) in [5, 5.41) is 7.02. The highest BCUT2D eigenvalue weighted by molar-refractivity contribution is 7.97. The van der Waals surface area contributed by atoms with E-state index in [0.29, 0.717) is 46.1 Å². The van der Waals surface area contributed by atoms with Crippen molar-refractivity contribution in [2.75, 3.05) is 11.1 Å². The summed E-state index contributed by atoms with van der Waals surface area (Å²) >= 11 is 1.49. The first kappa shape index (κ1) is 19.8. The van der Waals surface area contributed by atoms with Gasteiger partial charge in [-0.05, 0) is 30.7 Å². The molecule has 10 heteroatoms. The summed E-state index contributed by atoms with van der Waals surface area (Å²) in [5.74, 6) is 2.46. The second-order valence-electron chi connectivity index (χ2n) is 6.39. The van der Waals surface area contributed by atoms with Crippen molar-refractivity contribution in [1.82, 2.24) is 25.1 Å². The summed E-state index contributed by atoms with van der Waals surface area (Å²) in [7, 11) is 0. The number of aromatic nitrogens is 5. The van der Waals surface area contributed by atoms with Gasteiger partial charge in [-0.25, -0.2) is 4.39 Å². The zero-order valence-electron chi connectivity index (χ0n) is 16.0. The van der Waals surface area contributed by atoms with Gasteiger partial charge in [-0.1, -0.05) is 35.5 Å². The quantitative estimate of drug-likeness (QED) is 0.452. The van der Waals surface area contributed by atoms with Crippen molar-refractivity contribution in [3.05, 3.63) is 71.6 Å². The van der Waals surface area contributed by atoms with Crippen LogP contribution >= 0.6 is 11.8 Å². The lowest BCUT2D eigenvalue weighted by Crippen LogP contribution is -2.06. The minimum Gasteiger partial charge on any atom is -0.368 e. The van der Waals surface area contributed by atoms with E-state index in [-0.39, 0.29) is 11.8 Å². The van der Waals surface area contributed by atoms with Crippen molar-refractivity contribution in [1.29, 1.82) is 0 Å². The van der Waals surface area contributed by atoms with Crippen LogP contribution in [0.5, 0.6) is 0 Å². The summed E-state index contributed by atoms with van der Waals surface area (Å²) in [6.45, 7) is 1.70. The third kappa shape index (κ3) is 4.90. The van der Waals surface area contributed by atoms with E-state index in [9.17, 15) is 4.39 Å². The first-order valence-electron chi connectivity index (χ1n) is 9.06. The number of para-hydroxylation sites is 1. The van der Waals surface area contributed by atoms with Gasteiger partial charge in [0.15, 0.2) is 0 Å². The molecule has 4 aromatic rings. The Morgan fingerprint density at radius 3 is 2.67 bits per heavy atom. The Morgan fingerprint density at radius 1 is 1.03 bits per heavy atom. The van der Waals surface area contributed by atoms with E-state index in [1.807, 2.05) is 30.3 Å². The van der Waals surface area contributed by atoms with E-state index in [2.05, 4.69) is 30.4 Å². The molecule has 2 heterocycles. The lowest BCUT2D eigenvalue weighted by atomic mass is 10.1. The number of halogens is 1. The van der Waals surface area contributed by atoms with Gasteiger partial charge >= 0.3 is 0 Å². The summed E-state index contributed by atoms with van der Waals surface area (Å²) < 4.78 is 19.0. The number of thioether (sulfide) groups is 1. The smallest absolute Gasteiger partial charge is 0.236 e. The van der Waals surface area contributed by atoms with Crippen LogP contribution in [0.1, 0.15) is 17.3 Å². The van der Waals surface area contributed by atoms with Gasteiger partial charge in [-0.2, -0.15) is 19.9 Å². The van der Waals surface area contributed by atoms with E-state index in [1.165, 1.54) is 17.8 Å². The van der Waals surface area contributed by atoms with E-state index in [0.717, 1.165) is 5.69 Å². The Labute approximate surface area is 176 Å². The largest absolute Gasteiger partial charge is 0.368 e. The molecule has 3 N–H and O–H groups in total. The summed E-state index contributed by atoms with van der Waals surface area (Å²) in [6.07, 6.45) is 0. The molecule has 0 spiro atoms. The van der Waals surface area contributed by atoms with Gasteiger partial charge < -0.3 is 15.6 Å². The maximum absolute atomic E-state index is 13.7. The fourth-order valence-electron chi connectivity index (χ4n) is 2.60. The summed E-state index contributed by atoms with van der Waals surface area (Å²) in [5.41, 5.74) is 7.79. The molecular formula is C20H18FN7OS. The second kappa shape index (κ2) is 8.87. The molecule has 0 aliphatic rings. The van der Waals surface area contributed by atoms with Crippen LogP contribution in [0.3, 0.4) is 0 Å². The van der Waals surface area contributed by atoms with Crippen LogP contribution in [0.15, 0.2) is 53.1 Å². The molecule has 2 aromatic heterocycles. The standard InChI is InChI=1S/C20H18FN7OS/c1-12-7-8-13(9-15(12)21)18-26-17(29-28-18)11-30-10-16-24-19(22)27-20(25-16)23-14-5-3-2-4-6-14/h2-9H,10-11H2,1H3,(H3,22,23,24,25,27). The van der Waals surface area contributed by atoms with Crippen LogP contribution in [-0.2, 0) is 11.5 Å². The molecule has 2 aromatic carbocycles. The van der Waals surface area contributed by atoms with E-state index >= 15 is 0 Å². The van der Waals surface area contributed by atoms with Crippen molar-refractivity contribution in [2.45, 2.75) is 18.4 Å². The molecule has 0 radical (unpaired) electrons. The number of rotatable bonds is 7. The predicted octanol–water partition coefficient (Wildman–Crippen LogP) is 4.13. The molecule has 0 unspecified atom stereocenters. The average molecular weight is 423 g/mol. The molecule has 0 fully saturated rings. The van der Waals surface area contributed by atoms with E-state index in [1.54, 1.807) is 19.1 Å². The van der Waals surface area contributed by atoms with Crippen LogP contribution < -0.4 is 11.1 Å². The molecule has 152 valence electrons. The number of aryl methyl sites for hydroxylation is 1. The monoisotopic (exact) mass is 423 g/mol. The molecule has 30 heavy (non-hydrogen) atoms. The first-order chi connectivity index (χ1) is 14.6. The van der Waals surface area contributed by atoms with Gasteiger partial charge in [0, 0.05) is 11.3 Å². The van der Waals surface area contributed by atoms with Gasteiger partial charge in [0.2, 0.25) is 23.6 Å². The molecular weight excluding hydrogens is 405 g/mol. The minimum atomic E-state index is -0.305. The predicted molar refractivity (Wildman–Crippen MR) is 113 cm³/mol. The van der Waals surface area contributed by atoms with Crippen LogP contribution in [0.4, 0.5) is 22.0 Å². The zero-order valence-corrected chi connectivity index (χ0v) is 16.9. The van der Waals surface area contributed by atoms with Crippen molar-refractivity contribution in [3.8, 4) is 11.4 Å². The molecule has 0 aliphatic carbocycles. The van der Waals surface area contributed by atoms with Crippen LogP contribution in [-0.4, -0.2) is 25.1 Å². The highest BCUT2D eigenvalue weighted by Gasteiger charge is 2.11. The number of nitrogens with one attached hydrogen (secondary N) is 1. The maximum Gasteiger partial charge on any atom is 0.236 e. The number of benzene rings is 2. The Balaban J connectivity index is 1.37. The minimum absolute atomic E-state index is 0.139. The zero-order chi connectivity index (χ0) is 20.9. The Bertz CT molecular complexity index is 1150. The van der Waals surface area contributed by atoms with Crippen molar-refractivity contribution in [2.24, 2.45) is 0 Å². The van der Waals surface area contributed by atoms with Crippen LogP contribution in [0, 0.1) is 12.7 Å². The second-order valence-corrected chi connectivity index (χ2v) is 7.38. The van der Waals surface area contributed by atoms with Gasteiger partial charge in [0.05, 0.1) is 11.5 Å². The van der Waals surface area contributed by atoms with Crippen molar-refractivity contribution in [3.63, 3.8) is 0 Å². The number of nitrogen functional groups attached to an aromatic ring is 1. The lowest BCUT2D eigenvalue weighted by molar-refractivity contribution is 0.391. The first-order valence-corrected chi connectivity index (χ1v) is 10.2. The Morgan fingerprint density at radius 2 is 1.87 bits per heavy atom. The molecule has 0 saturated carbocycles. The van der Waals surface area contributed by atoms with Gasteiger partial charge in [0.1, 0.15) is 11.6 Å². The van der Waals surface area contributed by atoms with E-state index < -0.39 is 0 Å². The topological polar surface area (TPSA) is 116 Å². The number of nitrogens with zero attached hydrogens (tertiary/aromatic N) is 5. The number of hydrogen-bond acceptors (Lipinski definition) is 9. The molecule has 0 aliphatic heterocycles. The Kier molecular flexibility index (Phi) is 5.84. The number of nitrogens with two attached hydrogens (primary N) is 1. The van der Waals surface area contributed by atoms with Crippen molar-refractivity contribution >= 4 is 29.3 Å². The van der Waals surface area contributed by atoms with Gasteiger partial charge in [-0.15, -0.1) is 11.8 Å². The third-order valence-electron chi connectivity index (χ3n) is 4.08. The normalized spacial score (nSPS) is 10.9. The SMILES string of the molecule is Cc1ccc(-c2noc(CSCc3nc(N)nc(Nc4ccccc4)n3)n2)cc1F. The number of hydrogen-bond donors (Lipinski definition) is 2. The Hall–Kier alpha value is -3.53. The fraction of sp³-hybridized carbons (Fsp3) is 0.150. The fourth-order valence-corrected chi connectivity index (χ4v) is 3.31. The van der Waals surface area contributed by atoms with Crippen LogP contribution in [0.2, 0.25) is 0 Å². The summed E-state index contributed by atoms with van der Waals surface area (Å²) in [4.78, 5) is 17.0. The third-order valence-corrected chi connectivity index (χ3v) is 5.00. The molecule has 4 rings (SSSR count). The molecule has 0 bridgehead atoms. The average Bonchev–Trinajstić information content (AvgIpc) is 3.19. The van der Waals surface area contributed by atoms with Gasteiger partial charge in [-0.3, -0.25) is 0 Å². The lowest BCUT2D eigenvalue weighted by Gasteiger charge is -2.06.